The standard InChI is InChI=1S/C9H5ClNO/c10-8-4-2-1-3-7(8)9-11-5-6-12-9/h2-6H. The van der Waals surface area contributed by atoms with Crippen LogP contribution in [0.3, 0.4) is 0 Å². The zero-order valence-electron chi connectivity index (χ0n) is 6.12. The fourth-order valence-corrected chi connectivity index (χ4v) is 1.13. The topological polar surface area (TPSA) is 26.0 Å². The highest BCUT2D eigenvalue weighted by Crippen LogP contribution is 2.25. The Morgan fingerprint density at radius 2 is 2.42 bits per heavy atom. The Hall–Kier alpha value is -1.28. The maximum Gasteiger partial charge on any atom is 0.227 e. The number of oxazole rings is 1. The second-order valence-electron chi connectivity index (χ2n) is 2.24. The van der Waals surface area contributed by atoms with Crippen molar-refractivity contribution < 1.29 is 4.42 Å². The Labute approximate surface area is 74.8 Å². The minimum atomic E-state index is 0.525. The molecular formula is C9H5ClNO. The zero-order chi connectivity index (χ0) is 8.39. The van der Waals surface area contributed by atoms with Crippen molar-refractivity contribution in [1.82, 2.24) is 4.98 Å². The largest absolute Gasteiger partial charge is 0.444 e. The van der Waals surface area contributed by atoms with Crippen molar-refractivity contribution in [1.29, 1.82) is 0 Å². The molecule has 1 radical (unpaired) electrons. The lowest BCUT2D eigenvalue weighted by atomic mass is 10.2. The Bertz CT molecular complexity index is 370. The maximum atomic E-state index is 5.90. The minimum absolute atomic E-state index is 0.525. The van der Waals surface area contributed by atoms with Crippen molar-refractivity contribution in [2.75, 3.05) is 0 Å². The van der Waals surface area contributed by atoms with E-state index in [1.54, 1.807) is 24.4 Å². The molecule has 0 unspecified atom stereocenters. The van der Waals surface area contributed by atoms with Crippen molar-refractivity contribution in [3.63, 3.8) is 0 Å². The van der Waals surface area contributed by atoms with Crippen LogP contribution in [0.5, 0.6) is 0 Å². The van der Waals surface area contributed by atoms with E-state index in [1.807, 2.05) is 0 Å². The van der Waals surface area contributed by atoms with Gasteiger partial charge in [-0.15, -0.1) is 0 Å². The summed E-state index contributed by atoms with van der Waals surface area (Å²) < 4.78 is 5.08. The SMILES string of the molecule is Clc1cc[c]cc1-c1ncco1. The molecular weight excluding hydrogens is 174 g/mol. The van der Waals surface area contributed by atoms with Crippen LogP contribution in [0.1, 0.15) is 0 Å². The van der Waals surface area contributed by atoms with Gasteiger partial charge in [-0.2, -0.15) is 0 Å². The minimum Gasteiger partial charge on any atom is -0.444 e. The van der Waals surface area contributed by atoms with Crippen LogP contribution in [0.4, 0.5) is 0 Å². The Morgan fingerprint density at radius 3 is 3.08 bits per heavy atom. The summed E-state index contributed by atoms with van der Waals surface area (Å²) in [6.45, 7) is 0. The maximum absolute atomic E-state index is 5.90. The van der Waals surface area contributed by atoms with Crippen LogP contribution in [-0.2, 0) is 0 Å². The number of nitrogens with zero attached hydrogens (tertiary/aromatic N) is 1. The van der Waals surface area contributed by atoms with E-state index >= 15 is 0 Å². The molecule has 3 heteroatoms. The molecule has 0 N–H and O–H groups in total. The van der Waals surface area contributed by atoms with Gasteiger partial charge in [0.1, 0.15) is 6.26 Å². The Kier molecular flexibility index (Phi) is 1.84. The predicted octanol–water partition coefficient (Wildman–Crippen LogP) is 2.80. The summed E-state index contributed by atoms with van der Waals surface area (Å²) >= 11 is 5.90. The first-order chi connectivity index (χ1) is 5.88. The summed E-state index contributed by atoms with van der Waals surface area (Å²) in [6, 6.07) is 8.15. The lowest BCUT2D eigenvalue weighted by molar-refractivity contribution is 0.574. The highest BCUT2D eigenvalue weighted by Gasteiger charge is 2.05. The lowest BCUT2D eigenvalue weighted by Gasteiger charge is -1.96. The second kappa shape index (κ2) is 2.99. The normalized spacial score (nSPS) is 10.1. The molecule has 1 aromatic carbocycles. The summed E-state index contributed by atoms with van der Waals surface area (Å²) in [5.74, 6) is 0.525. The summed E-state index contributed by atoms with van der Waals surface area (Å²) in [6.07, 6.45) is 3.09. The van der Waals surface area contributed by atoms with Gasteiger partial charge in [0.15, 0.2) is 0 Å². The van der Waals surface area contributed by atoms with Crippen LogP contribution in [0.15, 0.2) is 35.1 Å². The highest BCUT2D eigenvalue weighted by atomic mass is 35.5. The first-order valence-electron chi connectivity index (χ1n) is 3.43. The van der Waals surface area contributed by atoms with Gasteiger partial charge < -0.3 is 4.42 Å². The first kappa shape index (κ1) is 7.37. The average molecular weight is 179 g/mol. The predicted molar refractivity (Wildman–Crippen MR) is 45.8 cm³/mol. The number of aromatic nitrogens is 1. The van der Waals surface area contributed by atoms with Gasteiger partial charge in [0.2, 0.25) is 5.89 Å². The van der Waals surface area contributed by atoms with Crippen LogP contribution in [0, 0.1) is 6.07 Å². The molecule has 0 saturated heterocycles. The Balaban J connectivity index is 2.55. The molecule has 0 amide bonds. The van der Waals surface area contributed by atoms with Crippen molar-refractivity contribution in [3.8, 4) is 11.5 Å². The van der Waals surface area contributed by atoms with E-state index in [9.17, 15) is 0 Å². The van der Waals surface area contributed by atoms with E-state index in [4.69, 9.17) is 16.0 Å². The van der Waals surface area contributed by atoms with Gasteiger partial charge >= 0.3 is 0 Å². The van der Waals surface area contributed by atoms with Gasteiger partial charge in [-0.05, 0) is 18.2 Å². The van der Waals surface area contributed by atoms with Crippen LogP contribution in [-0.4, -0.2) is 4.98 Å². The van der Waals surface area contributed by atoms with E-state index in [-0.39, 0.29) is 0 Å². The van der Waals surface area contributed by atoms with Crippen molar-refractivity contribution in [3.05, 3.63) is 41.7 Å². The molecule has 2 rings (SSSR count). The average Bonchev–Trinajstić information content (AvgIpc) is 2.57. The third-order valence-corrected chi connectivity index (χ3v) is 1.80. The lowest BCUT2D eigenvalue weighted by Crippen LogP contribution is -1.77. The van der Waals surface area contributed by atoms with E-state index in [2.05, 4.69) is 11.1 Å². The second-order valence-corrected chi connectivity index (χ2v) is 2.65. The molecule has 1 aromatic heterocycles. The van der Waals surface area contributed by atoms with E-state index in [0.717, 1.165) is 5.56 Å². The molecule has 0 aliphatic carbocycles. The number of hydrogen-bond donors (Lipinski definition) is 0. The molecule has 0 aliphatic heterocycles. The third kappa shape index (κ3) is 1.21. The zero-order valence-corrected chi connectivity index (χ0v) is 6.88. The van der Waals surface area contributed by atoms with Crippen LogP contribution in [0.25, 0.3) is 11.5 Å². The summed E-state index contributed by atoms with van der Waals surface area (Å²) in [4.78, 5) is 3.98. The van der Waals surface area contributed by atoms with Crippen LogP contribution >= 0.6 is 11.6 Å². The highest BCUT2D eigenvalue weighted by molar-refractivity contribution is 6.33. The monoisotopic (exact) mass is 178 g/mol. The molecule has 0 saturated carbocycles. The molecule has 1 heterocycles. The van der Waals surface area contributed by atoms with Gasteiger partial charge in [0.25, 0.3) is 0 Å². The number of hydrogen-bond acceptors (Lipinski definition) is 2. The molecule has 12 heavy (non-hydrogen) atoms. The molecule has 0 spiro atoms. The molecule has 0 bridgehead atoms. The number of benzene rings is 1. The summed E-state index contributed by atoms with van der Waals surface area (Å²) in [5.41, 5.74) is 0.768. The molecule has 2 aromatic rings. The van der Waals surface area contributed by atoms with Crippen LogP contribution in [0.2, 0.25) is 5.02 Å². The van der Waals surface area contributed by atoms with Gasteiger partial charge in [0, 0.05) is 0 Å². The van der Waals surface area contributed by atoms with Gasteiger partial charge in [-0.3, -0.25) is 0 Å². The van der Waals surface area contributed by atoms with Gasteiger partial charge in [-0.25, -0.2) is 4.98 Å². The number of halogens is 1. The van der Waals surface area contributed by atoms with E-state index in [1.165, 1.54) is 6.26 Å². The van der Waals surface area contributed by atoms with Gasteiger partial charge in [0.05, 0.1) is 16.8 Å². The molecule has 0 aliphatic rings. The quantitative estimate of drug-likeness (QED) is 0.671. The first-order valence-corrected chi connectivity index (χ1v) is 3.81. The molecule has 2 nitrogen and oxygen atoms in total. The molecule has 59 valence electrons. The number of rotatable bonds is 1. The smallest absolute Gasteiger partial charge is 0.227 e. The third-order valence-electron chi connectivity index (χ3n) is 1.47. The molecule has 0 fully saturated rings. The van der Waals surface area contributed by atoms with Crippen LogP contribution < -0.4 is 0 Å². The van der Waals surface area contributed by atoms with E-state index in [0.29, 0.717) is 10.9 Å². The Morgan fingerprint density at radius 1 is 1.50 bits per heavy atom. The van der Waals surface area contributed by atoms with Crippen molar-refractivity contribution >= 4 is 11.6 Å². The van der Waals surface area contributed by atoms with Gasteiger partial charge in [-0.1, -0.05) is 17.7 Å². The molecule has 0 atom stereocenters. The summed E-state index contributed by atoms with van der Waals surface area (Å²) in [5, 5.41) is 0.621. The van der Waals surface area contributed by atoms with Crippen molar-refractivity contribution in [2.45, 2.75) is 0 Å². The fraction of sp³-hybridized carbons (Fsp3) is 0. The summed E-state index contributed by atoms with van der Waals surface area (Å²) in [7, 11) is 0. The van der Waals surface area contributed by atoms with Crippen molar-refractivity contribution in [2.24, 2.45) is 0 Å². The van der Waals surface area contributed by atoms with E-state index < -0.39 is 0 Å². The fourth-order valence-electron chi connectivity index (χ4n) is 0.932.